The highest BCUT2D eigenvalue weighted by atomic mass is 16.2. The Kier molecular flexibility index (Phi) is 2.87. The lowest BCUT2D eigenvalue weighted by atomic mass is 10.3. The summed E-state index contributed by atoms with van der Waals surface area (Å²) in [6.45, 7) is 2.73. The average Bonchev–Trinajstić information content (AvgIpc) is 2.87. The van der Waals surface area contributed by atoms with Crippen LogP contribution in [0, 0.1) is 0 Å². The molecule has 76 valence electrons. The number of hydrogen-bond donors (Lipinski definition) is 0. The molecule has 1 aromatic heterocycles. The van der Waals surface area contributed by atoms with Crippen molar-refractivity contribution in [1.29, 1.82) is 0 Å². The van der Waals surface area contributed by atoms with Gasteiger partial charge in [-0.2, -0.15) is 0 Å². The van der Waals surface area contributed by atoms with E-state index >= 15 is 0 Å². The van der Waals surface area contributed by atoms with Crippen molar-refractivity contribution in [3.63, 3.8) is 0 Å². The SMILES string of the molecule is O=C(CCn1cccc1)N1CCCC1. The molecule has 0 spiro atoms. The minimum Gasteiger partial charge on any atom is -0.354 e. The van der Waals surface area contributed by atoms with E-state index in [1.807, 2.05) is 34.0 Å². The van der Waals surface area contributed by atoms with E-state index in [2.05, 4.69) is 0 Å². The molecule has 0 atom stereocenters. The molecule has 0 radical (unpaired) electrons. The van der Waals surface area contributed by atoms with E-state index in [0.29, 0.717) is 12.3 Å². The summed E-state index contributed by atoms with van der Waals surface area (Å²) in [4.78, 5) is 13.6. The first-order chi connectivity index (χ1) is 6.86. The molecule has 0 aromatic carbocycles. The van der Waals surface area contributed by atoms with Crippen LogP contribution in [0.3, 0.4) is 0 Å². The highest BCUT2D eigenvalue weighted by Gasteiger charge is 2.16. The molecule has 1 aliphatic rings. The first kappa shape index (κ1) is 9.31. The average molecular weight is 192 g/mol. The number of aryl methyl sites for hydroxylation is 1. The fraction of sp³-hybridized carbons (Fsp3) is 0.545. The van der Waals surface area contributed by atoms with Gasteiger partial charge in [-0.3, -0.25) is 4.79 Å². The van der Waals surface area contributed by atoms with Crippen LogP contribution in [-0.4, -0.2) is 28.5 Å². The summed E-state index contributed by atoms with van der Waals surface area (Å²) in [5.41, 5.74) is 0. The van der Waals surface area contributed by atoms with Crippen LogP contribution < -0.4 is 0 Å². The van der Waals surface area contributed by atoms with E-state index in [-0.39, 0.29) is 0 Å². The third-order valence-electron chi connectivity index (χ3n) is 2.71. The molecule has 0 aliphatic carbocycles. The Morgan fingerprint density at radius 1 is 1.14 bits per heavy atom. The summed E-state index contributed by atoms with van der Waals surface area (Å²) in [6.07, 6.45) is 6.98. The summed E-state index contributed by atoms with van der Waals surface area (Å²) < 4.78 is 2.05. The van der Waals surface area contributed by atoms with Gasteiger partial charge in [0.2, 0.25) is 5.91 Å². The lowest BCUT2D eigenvalue weighted by Gasteiger charge is -2.15. The van der Waals surface area contributed by atoms with Crippen molar-refractivity contribution in [3.8, 4) is 0 Å². The van der Waals surface area contributed by atoms with E-state index in [9.17, 15) is 4.79 Å². The summed E-state index contributed by atoms with van der Waals surface area (Å²) >= 11 is 0. The van der Waals surface area contributed by atoms with Gasteiger partial charge in [-0.1, -0.05) is 0 Å². The van der Waals surface area contributed by atoms with Crippen LogP contribution in [0.2, 0.25) is 0 Å². The summed E-state index contributed by atoms with van der Waals surface area (Å²) in [5, 5.41) is 0. The van der Waals surface area contributed by atoms with Crippen molar-refractivity contribution < 1.29 is 4.79 Å². The second-order valence-electron chi connectivity index (χ2n) is 3.76. The molecule has 3 heteroatoms. The Bertz CT molecular complexity index is 286. The summed E-state index contributed by atoms with van der Waals surface area (Å²) in [5.74, 6) is 0.302. The summed E-state index contributed by atoms with van der Waals surface area (Å²) in [7, 11) is 0. The second-order valence-corrected chi connectivity index (χ2v) is 3.76. The van der Waals surface area contributed by atoms with E-state index in [1.54, 1.807) is 0 Å². The number of amides is 1. The molecule has 0 saturated carbocycles. The van der Waals surface area contributed by atoms with Gasteiger partial charge in [0, 0.05) is 38.4 Å². The molecule has 1 aliphatic heterocycles. The van der Waals surface area contributed by atoms with Gasteiger partial charge in [-0.15, -0.1) is 0 Å². The predicted octanol–water partition coefficient (Wildman–Crippen LogP) is 1.50. The monoisotopic (exact) mass is 192 g/mol. The van der Waals surface area contributed by atoms with Crippen LogP contribution in [0.5, 0.6) is 0 Å². The smallest absolute Gasteiger partial charge is 0.224 e. The number of nitrogens with zero attached hydrogens (tertiary/aromatic N) is 2. The lowest BCUT2D eigenvalue weighted by molar-refractivity contribution is -0.130. The number of carbonyl (C=O) groups excluding carboxylic acids is 1. The van der Waals surface area contributed by atoms with Gasteiger partial charge in [-0.05, 0) is 25.0 Å². The van der Waals surface area contributed by atoms with Crippen LogP contribution >= 0.6 is 0 Å². The fourth-order valence-corrected chi connectivity index (χ4v) is 1.87. The van der Waals surface area contributed by atoms with Gasteiger partial charge in [-0.25, -0.2) is 0 Å². The van der Waals surface area contributed by atoms with Gasteiger partial charge in [0.05, 0.1) is 0 Å². The molecule has 1 aromatic rings. The Balaban J connectivity index is 1.77. The molecule has 0 bridgehead atoms. The molecule has 1 saturated heterocycles. The summed E-state index contributed by atoms with van der Waals surface area (Å²) in [6, 6.07) is 3.97. The second kappa shape index (κ2) is 4.31. The Hall–Kier alpha value is -1.25. The molecule has 1 amide bonds. The fourth-order valence-electron chi connectivity index (χ4n) is 1.87. The van der Waals surface area contributed by atoms with E-state index in [0.717, 1.165) is 19.6 Å². The standard InChI is InChI=1S/C11H16N2O/c14-11(13-8-3-4-9-13)5-10-12-6-1-2-7-12/h1-2,6-7H,3-5,8-10H2. The van der Waals surface area contributed by atoms with E-state index in [4.69, 9.17) is 0 Å². The zero-order valence-corrected chi connectivity index (χ0v) is 8.35. The molecule has 0 unspecified atom stereocenters. The van der Waals surface area contributed by atoms with Gasteiger partial charge in [0.25, 0.3) is 0 Å². The molecule has 14 heavy (non-hydrogen) atoms. The van der Waals surface area contributed by atoms with E-state index in [1.165, 1.54) is 12.8 Å². The minimum atomic E-state index is 0.302. The van der Waals surface area contributed by atoms with Crippen molar-refractivity contribution in [3.05, 3.63) is 24.5 Å². The van der Waals surface area contributed by atoms with Crippen molar-refractivity contribution in [2.45, 2.75) is 25.8 Å². The Morgan fingerprint density at radius 3 is 2.43 bits per heavy atom. The molecule has 1 fully saturated rings. The van der Waals surface area contributed by atoms with Gasteiger partial charge in [0.1, 0.15) is 0 Å². The predicted molar refractivity (Wildman–Crippen MR) is 54.9 cm³/mol. The molecule has 2 rings (SSSR count). The van der Waals surface area contributed by atoms with Crippen molar-refractivity contribution in [2.24, 2.45) is 0 Å². The zero-order valence-electron chi connectivity index (χ0n) is 8.35. The largest absolute Gasteiger partial charge is 0.354 e. The third kappa shape index (κ3) is 2.16. The van der Waals surface area contributed by atoms with Crippen molar-refractivity contribution >= 4 is 5.91 Å². The van der Waals surface area contributed by atoms with Crippen LogP contribution in [0.4, 0.5) is 0 Å². The maximum Gasteiger partial charge on any atom is 0.224 e. The van der Waals surface area contributed by atoms with E-state index < -0.39 is 0 Å². The normalized spacial score (nSPS) is 16.1. The number of aromatic nitrogens is 1. The Labute approximate surface area is 84.3 Å². The van der Waals surface area contributed by atoms with Crippen LogP contribution in [0.25, 0.3) is 0 Å². The molecular weight excluding hydrogens is 176 g/mol. The van der Waals surface area contributed by atoms with Crippen LogP contribution in [0.1, 0.15) is 19.3 Å². The number of carbonyl (C=O) groups is 1. The molecule has 2 heterocycles. The minimum absolute atomic E-state index is 0.302. The third-order valence-corrected chi connectivity index (χ3v) is 2.71. The number of likely N-dealkylation sites (tertiary alicyclic amines) is 1. The first-order valence-corrected chi connectivity index (χ1v) is 5.25. The van der Waals surface area contributed by atoms with Crippen molar-refractivity contribution in [1.82, 2.24) is 9.47 Å². The van der Waals surface area contributed by atoms with Gasteiger partial charge < -0.3 is 9.47 Å². The quantitative estimate of drug-likeness (QED) is 0.712. The highest BCUT2D eigenvalue weighted by Crippen LogP contribution is 2.09. The zero-order chi connectivity index (χ0) is 9.80. The first-order valence-electron chi connectivity index (χ1n) is 5.25. The highest BCUT2D eigenvalue weighted by molar-refractivity contribution is 5.76. The Morgan fingerprint density at radius 2 is 1.79 bits per heavy atom. The number of rotatable bonds is 3. The van der Waals surface area contributed by atoms with Crippen molar-refractivity contribution in [2.75, 3.05) is 13.1 Å². The van der Waals surface area contributed by atoms with Gasteiger partial charge in [0.15, 0.2) is 0 Å². The maximum atomic E-state index is 11.7. The van der Waals surface area contributed by atoms with Crippen LogP contribution in [-0.2, 0) is 11.3 Å². The molecule has 3 nitrogen and oxygen atoms in total. The topological polar surface area (TPSA) is 25.2 Å². The molecule has 0 N–H and O–H groups in total. The number of hydrogen-bond acceptors (Lipinski definition) is 1. The maximum absolute atomic E-state index is 11.7. The lowest BCUT2D eigenvalue weighted by Crippen LogP contribution is -2.28. The molecular formula is C11H16N2O. The van der Waals surface area contributed by atoms with Gasteiger partial charge >= 0.3 is 0 Å². The van der Waals surface area contributed by atoms with Crippen LogP contribution in [0.15, 0.2) is 24.5 Å².